The summed E-state index contributed by atoms with van der Waals surface area (Å²) < 4.78 is 17.1. The molecule has 1 aliphatic rings. The van der Waals surface area contributed by atoms with Crippen LogP contribution in [-0.4, -0.2) is 34.2 Å². The van der Waals surface area contributed by atoms with Crippen molar-refractivity contribution < 1.29 is 9.50 Å². The molecule has 0 bridgehead atoms. The van der Waals surface area contributed by atoms with E-state index in [1.165, 1.54) is 0 Å². The number of piperidine rings is 1. The zero-order valence-corrected chi connectivity index (χ0v) is 15.0. The molecule has 6 heteroatoms. The van der Waals surface area contributed by atoms with Crippen LogP contribution in [-0.2, 0) is 0 Å². The van der Waals surface area contributed by atoms with E-state index in [1.807, 2.05) is 29.2 Å². The SMILES string of the molecule is Cc1c(F)c(N2CCC(C)(CO)CC2)n2c(nc3ccccc32)c1C#N. The van der Waals surface area contributed by atoms with E-state index < -0.39 is 0 Å². The molecule has 1 aliphatic heterocycles. The Bertz CT molecular complexity index is 1040. The number of imidazole rings is 1. The highest BCUT2D eigenvalue weighted by molar-refractivity contribution is 5.85. The number of para-hydroxylation sites is 2. The fourth-order valence-electron chi connectivity index (χ4n) is 3.78. The maximum absolute atomic E-state index is 15.4. The summed E-state index contributed by atoms with van der Waals surface area (Å²) in [7, 11) is 0. The number of benzene rings is 1. The third-order valence-corrected chi connectivity index (χ3v) is 5.66. The third kappa shape index (κ3) is 2.35. The zero-order valence-electron chi connectivity index (χ0n) is 15.0. The number of nitrogens with zero attached hydrogens (tertiary/aromatic N) is 4. The molecule has 3 aromatic rings. The molecule has 0 radical (unpaired) electrons. The van der Waals surface area contributed by atoms with Gasteiger partial charge in [0.05, 0.1) is 11.0 Å². The molecule has 0 unspecified atom stereocenters. The molecule has 0 amide bonds. The zero-order chi connectivity index (χ0) is 18.5. The maximum Gasteiger partial charge on any atom is 0.168 e. The first-order valence-electron chi connectivity index (χ1n) is 8.84. The van der Waals surface area contributed by atoms with Gasteiger partial charge in [-0.05, 0) is 37.3 Å². The Labute approximate surface area is 151 Å². The van der Waals surface area contributed by atoms with E-state index in [-0.39, 0.29) is 23.4 Å². The molecule has 26 heavy (non-hydrogen) atoms. The second kappa shape index (κ2) is 5.96. The lowest BCUT2D eigenvalue weighted by atomic mass is 9.81. The van der Waals surface area contributed by atoms with Crippen LogP contribution in [0.25, 0.3) is 16.7 Å². The van der Waals surface area contributed by atoms with Gasteiger partial charge in [0.2, 0.25) is 0 Å². The first-order valence-corrected chi connectivity index (χ1v) is 8.84. The fraction of sp³-hybridized carbons (Fsp3) is 0.400. The smallest absolute Gasteiger partial charge is 0.168 e. The Morgan fingerprint density at radius 3 is 2.65 bits per heavy atom. The number of nitriles is 1. The van der Waals surface area contributed by atoms with E-state index in [0.717, 1.165) is 23.9 Å². The van der Waals surface area contributed by atoms with Crippen molar-refractivity contribution in [2.24, 2.45) is 5.41 Å². The highest BCUT2D eigenvalue weighted by atomic mass is 19.1. The van der Waals surface area contributed by atoms with Gasteiger partial charge in [0.25, 0.3) is 0 Å². The normalized spacial score (nSPS) is 17.0. The monoisotopic (exact) mass is 352 g/mol. The van der Waals surface area contributed by atoms with Crippen LogP contribution < -0.4 is 4.90 Å². The van der Waals surface area contributed by atoms with Crippen molar-refractivity contribution in [3.63, 3.8) is 0 Å². The van der Waals surface area contributed by atoms with Crippen molar-refractivity contribution >= 4 is 22.5 Å². The van der Waals surface area contributed by atoms with Gasteiger partial charge in [0.1, 0.15) is 11.6 Å². The number of aliphatic hydroxyl groups is 1. The highest BCUT2D eigenvalue weighted by Gasteiger charge is 2.32. The minimum Gasteiger partial charge on any atom is -0.396 e. The standard InChI is InChI=1S/C20H21FN4O/c1-13-14(11-22)18-23-15-5-3-4-6-16(15)25(18)19(17(13)21)24-9-7-20(2,12-26)8-10-24/h3-6,26H,7-10,12H2,1-2H3. The van der Waals surface area contributed by atoms with Gasteiger partial charge in [-0.15, -0.1) is 0 Å². The predicted molar refractivity (Wildman–Crippen MR) is 98.7 cm³/mol. The van der Waals surface area contributed by atoms with E-state index in [4.69, 9.17) is 0 Å². The highest BCUT2D eigenvalue weighted by Crippen LogP contribution is 2.36. The summed E-state index contributed by atoms with van der Waals surface area (Å²) in [5, 5.41) is 19.2. The Morgan fingerprint density at radius 2 is 2.00 bits per heavy atom. The molecule has 1 N–H and O–H groups in total. The van der Waals surface area contributed by atoms with Crippen LogP contribution in [0.15, 0.2) is 24.3 Å². The fourth-order valence-corrected chi connectivity index (χ4v) is 3.78. The molecular formula is C20H21FN4O. The van der Waals surface area contributed by atoms with Gasteiger partial charge in [-0.1, -0.05) is 19.1 Å². The van der Waals surface area contributed by atoms with Crippen LogP contribution in [0.5, 0.6) is 0 Å². The lowest BCUT2D eigenvalue weighted by Crippen LogP contribution is -2.41. The Balaban J connectivity index is 1.97. The maximum atomic E-state index is 15.4. The number of rotatable bonds is 2. The summed E-state index contributed by atoms with van der Waals surface area (Å²) in [5.74, 6) is 0.0926. The quantitative estimate of drug-likeness (QED) is 0.768. The molecule has 2 aromatic heterocycles. The number of pyridine rings is 1. The van der Waals surface area contributed by atoms with Crippen LogP contribution >= 0.6 is 0 Å². The van der Waals surface area contributed by atoms with Crippen molar-refractivity contribution in [2.45, 2.75) is 26.7 Å². The van der Waals surface area contributed by atoms with Crippen molar-refractivity contribution in [1.29, 1.82) is 5.26 Å². The van der Waals surface area contributed by atoms with Crippen molar-refractivity contribution in [1.82, 2.24) is 9.38 Å². The molecule has 0 atom stereocenters. The molecule has 3 heterocycles. The Kier molecular flexibility index (Phi) is 3.85. The number of anilines is 1. The van der Waals surface area contributed by atoms with E-state index in [9.17, 15) is 10.4 Å². The summed E-state index contributed by atoms with van der Waals surface area (Å²) in [6.07, 6.45) is 1.58. The van der Waals surface area contributed by atoms with Gasteiger partial charge in [0, 0.05) is 25.3 Å². The minimum absolute atomic E-state index is 0.120. The number of aromatic nitrogens is 2. The summed E-state index contributed by atoms with van der Waals surface area (Å²) in [6, 6.07) is 9.67. The topological polar surface area (TPSA) is 64.6 Å². The molecule has 0 saturated carbocycles. The minimum atomic E-state index is -0.371. The average molecular weight is 352 g/mol. The van der Waals surface area contributed by atoms with E-state index in [0.29, 0.717) is 30.1 Å². The van der Waals surface area contributed by atoms with Crippen LogP contribution in [0, 0.1) is 29.5 Å². The summed E-state index contributed by atoms with van der Waals surface area (Å²) in [4.78, 5) is 6.61. The van der Waals surface area contributed by atoms with Crippen LogP contribution in [0.4, 0.5) is 10.2 Å². The molecule has 134 valence electrons. The van der Waals surface area contributed by atoms with E-state index in [1.54, 1.807) is 11.3 Å². The summed E-state index contributed by atoms with van der Waals surface area (Å²) >= 11 is 0. The molecular weight excluding hydrogens is 331 g/mol. The number of hydrogen-bond acceptors (Lipinski definition) is 4. The first kappa shape index (κ1) is 16.8. The van der Waals surface area contributed by atoms with Gasteiger partial charge in [-0.3, -0.25) is 4.40 Å². The molecule has 1 fully saturated rings. The lowest BCUT2D eigenvalue weighted by Gasteiger charge is -2.39. The molecule has 0 aliphatic carbocycles. The number of aliphatic hydroxyl groups excluding tert-OH is 1. The summed E-state index contributed by atoms with van der Waals surface area (Å²) in [6.45, 7) is 5.15. The largest absolute Gasteiger partial charge is 0.396 e. The van der Waals surface area contributed by atoms with Gasteiger partial charge in [-0.2, -0.15) is 5.26 Å². The number of halogens is 1. The van der Waals surface area contributed by atoms with Crippen molar-refractivity contribution in [3.8, 4) is 6.07 Å². The van der Waals surface area contributed by atoms with Gasteiger partial charge >= 0.3 is 0 Å². The lowest BCUT2D eigenvalue weighted by molar-refractivity contribution is 0.114. The third-order valence-electron chi connectivity index (χ3n) is 5.66. The van der Waals surface area contributed by atoms with Crippen LogP contribution in [0.2, 0.25) is 0 Å². The molecule has 0 spiro atoms. The second-order valence-electron chi connectivity index (χ2n) is 7.46. The van der Waals surface area contributed by atoms with E-state index >= 15 is 4.39 Å². The van der Waals surface area contributed by atoms with Crippen molar-refractivity contribution in [2.75, 3.05) is 24.6 Å². The van der Waals surface area contributed by atoms with E-state index in [2.05, 4.69) is 18.0 Å². The molecule has 1 saturated heterocycles. The second-order valence-corrected chi connectivity index (χ2v) is 7.46. The van der Waals surface area contributed by atoms with Crippen LogP contribution in [0.3, 0.4) is 0 Å². The molecule has 1 aromatic carbocycles. The van der Waals surface area contributed by atoms with Crippen molar-refractivity contribution in [3.05, 3.63) is 41.2 Å². The molecule has 5 nitrogen and oxygen atoms in total. The first-order chi connectivity index (χ1) is 12.5. The molecule has 4 rings (SSSR count). The Morgan fingerprint density at radius 1 is 1.31 bits per heavy atom. The van der Waals surface area contributed by atoms with Gasteiger partial charge in [-0.25, -0.2) is 9.37 Å². The predicted octanol–water partition coefficient (Wildman–Crippen LogP) is 3.41. The number of hydrogen-bond donors (Lipinski definition) is 1. The van der Waals surface area contributed by atoms with Crippen LogP contribution in [0.1, 0.15) is 30.9 Å². The van der Waals surface area contributed by atoms with Gasteiger partial charge in [0.15, 0.2) is 17.3 Å². The number of fused-ring (bicyclic) bond motifs is 3. The summed E-state index contributed by atoms with van der Waals surface area (Å²) in [5.41, 5.74) is 2.53. The average Bonchev–Trinajstić information content (AvgIpc) is 3.03. The van der Waals surface area contributed by atoms with Gasteiger partial charge < -0.3 is 10.0 Å². The Hall–Kier alpha value is -2.65.